The Morgan fingerprint density at radius 3 is 2.89 bits per heavy atom. The van der Waals surface area contributed by atoms with E-state index in [9.17, 15) is 4.79 Å². The maximum atomic E-state index is 12.2. The highest BCUT2D eigenvalue weighted by atomic mass is 32.1. The topological polar surface area (TPSA) is 39.5 Å². The zero-order valence-electron chi connectivity index (χ0n) is 12.0. The van der Waals surface area contributed by atoms with E-state index in [0.717, 1.165) is 23.8 Å². The summed E-state index contributed by atoms with van der Waals surface area (Å²) >= 11 is 1.67. The Balaban J connectivity index is 1.96. The summed E-state index contributed by atoms with van der Waals surface area (Å²) in [6, 6.07) is 0.0310. The predicted molar refractivity (Wildman–Crippen MR) is 76.9 cm³/mol. The summed E-state index contributed by atoms with van der Waals surface area (Å²) in [6.07, 6.45) is 1.86. The number of thiazole rings is 1. The summed E-state index contributed by atoms with van der Waals surface area (Å²) < 4.78 is 2.02. The molecule has 19 heavy (non-hydrogen) atoms. The van der Waals surface area contributed by atoms with E-state index >= 15 is 0 Å². The Labute approximate surface area is 118 Å². The van der Waals surface area contributed by atoms with Gasteiger partial charge in [0.15, 0.2) is 0 Å². The van der Waals surface area contributed by atoms with Crippen molar-refractivity contribution < 1.29 is 9.37 Å². The normalized spacial score (nSPS) is 15.0. The Bertz CT molecular complexity index is 495. The molecule has 0 saturated heterocycles. The molecular weight excluding hydrogens is 260 g/mol. The van der Waals surface area contributed by atoms with Crippen LogP contribution in [-0.2, 0) is 6.54 Å². The number of urea groups is 1. The number of carbonyl (C=O) groups is 1. The lowest BCUT2D eigenvalue weighted by Crippen LogP contribution is -2.39. The quantitative estimate of drug-likeness (QED) is 0.793. The van der Waals surface area contributed by atoms with Crippen molar-refractivity contribution in [1.82, 2.24) is 14.8 Å². The van der Waals surface area contributed by atoms with Crippen molar-refractivity contribution in [2.45, 2.75) is 26.3 Å². The van der Waals surface area contributed by atoms with Crippen molar-refractivity contribution in [1.29, 1.82) is 0 Å². The molecule has 0 fully saturated rings. The van der Waals surface area contributed by atoms with Crippen LogP contribution in [0.5, 0.6) is 0 Å². The second-order valence-electron chi connectivity index (χ2n) is 5.26. The third kappa shape index (κ3) is 3.32. The Hall–Kier alpha value is -1.43. The largest absolute Gasteiger partial charge is 0.411 e. The van der Waals surface area contributed by atoms with Crippen molar-refractivity contribution in [3.63, 3.8) is 0 Å². The Morgan fingerprint density at radius 2 is 2.37 bits per heavy atom. The van der Waals surface area contributed by atoms with Gasteiger partial charge in [0.1, 0.15) is 13.1 Å². The molecule has 0 N–H and O–H groups in total. The van der Waals surface area contributed by atoms with Crippen molar-refractivity contribution >= 4 is 23.7 Å². The molecular formula is C13H21N4OS+. The Morgan fingerprint density at radius 1 is 1.63 bits per heavy atom. The van der Waals surface area contributed by atoms with Crippen LogP contribution in [0.25, 0.3) is 0 Å². The minimum atomic E-state index is 0.0310. The van der Waals surface area contributed by atoms with Gasteiger partial charge in [-0.1, -0.05) is 13.8 Å². The Kier molecular flexibility index (Phi) is 4.19. The molecule has 0 aromatic carbocycles. The van der Waals surface area contributed by atoms with Gasteiger partial charge in [-0.05, 0) is 0 Å². The fraction of sp³-hybridized carbons (Fsp3) is 0.615. The first-order valence-electron chi connectivity index (χ1n) is 6.48. The van der Waals surface area contributed by atoms with Gasteiger partial charge < -0.3 is 4.90 Å². The molecule has 1 aromatic heterocycles. The first-order valence-corrected chi connectivity index (χ1v) is 7.36. The monoisotopic (exact) mass is 281 g/mol. The molecule has 2 heterocycles. The predicted octanol–water partition coefficient (Wildman–Crippen LogP) is 1.80. The van der Waals surface area contributed by atoms with Gasteiger partial charge in [0.05, 0.1) is 24.3 Å². The average Bonchev–Trinajstić information content (AvgIpc) is 2.97. The third-order valence-corrected chi connectivity index (χ3v) is 4.26. The maximum absolute atomic E-state index is 12.2. The molecule has 2 rings (SSSR count). The van der Waals surface area contributed by atoms with Crippen LogP contribution in [0.2, 0.25) is 0 Å². The molecule has 0 bridgehead atoms. The van der Waals surface area contributed by atoms with Gasteiger partial charge in [0, 0.05) is 18.3 Å². The van der Waals surface area contributed by atoms with E-state index in [1.807, 2.05) is 30.4 Å². The average molecular weight is 281 g/mol. The number of nitrogens with zero attached hydrogens (tertiary/aromatic N) is 4. The molecule has 0 atom stereocenters. The summed E-state index contributed by atoms with van der Waals surface area (Å²) in [4.78, 5) is 20.2. The van der Waals surface area contributed by atoms with E-state index in [1.165, 1.54) is 0 Å². The number of amides is 2. The number of rotatable bonds is 3. The molecule has 0 saturated carbocycles. The molecule has 1 aliphatic heterocycles. The van der Waals surface area contributed by atoms with Crippen LogP contribution in [0.4, 0.5) is 4.79 Å². The van der Waals surface area contributed by atoms with Crippen LogP contribution in [0, 0.1) is 0 Å². The fourth-order valence-electron chi connectivity index (χ4n) is 1.95. The molecule has 5 nitrogen and oxygen atoms in total. The highest BCUT2D eigenvalue weighted by Gasteiger charge is 2.28. The number of aromatic nitrogens is 1. The van der Waals surface area contributed by atoms with Crippen LogP contribution in [0.1, 0.15) is 30.5 Å². The summed E-state index contributed by atoms with van der Waals surface area (Å²) in [7, 11) is 3.80. The molecule has 104 valence electrons. The molecule has 0 radical (unpaired) electrons. The minimum absolute atomic E-state index is 0.0310. The molecule has 1 aromatic rings. The van der Waals surface area contributed by atoms with Crippen molar-refractivity contribution in [2.24, 2.45) is 0 Å². The summed E-state index contributed by atoms with van der Waals surface area (Å²) in [5.74, 6) is 0.445. The van der Waals surface area contributed by atoms with Crippen LogP contribution in [-0.4, -0.2) is 58.9 Å². The van der Waals surface area contributed by atoms with Gasteiger partial charge in [0.25, 0.3) is 0 Å². The second kappa shape index (κ2) is 5.69. The fourth-order valence-corrected chi connectivity index (χ4v) is 2.78. The number of hydrogen-bond donors (Lipinski definition) is 0. The van der Waals surface area contributed by atoms with E-state index in [0.29, 0.717) is 12.5 Å². The first-order chi connectivity index (χ1) is 8.97. The molecule has 0 unspecified atom stereocenters. The van der Waals surface area contributed by atoms with Crippen molar-refractivity contribution in [2.75, 3.05) is 27.2 Å². The second-order valence-corrected chi connectivity index (χ2v) is 6.15. The van der Waals surface area contributed by atoms with Crippen LogP contribution in [0.15, 0.2) is 5.38 Å². The number of likely N-dealkylation sites (N-methyl/N-ethyl adjacent to an activating group) is 1. The summed E-state index contributed by atoms with van der Waals surface area (Å²) in [6.45, 7) is 6.48. The van der Waals surface area contributed by atoms with Crippen molar-refractivity contribution in [3.8, 4) is 0 Å². The van der Waals surface area contributed by atoms with Crippen molar-refractivity contribution in [3.05, 3.63) is 16.1 Å². The maximum Gasteiger partial charge on any atom is 0.411 e. The highest BCUT2D eigenvalue weighted by Crippen LogP contribution is 2.20. The highest BCUT2D eigenvalue weighted by molar-refractivity contribution is 7.09. The van der Waals surface area contributed by atoms with E-state index in [1.54, 1.807) is 21.1 Å². The molecule has 1 aliphatic rings. The van der Waals surface area contributed by atoms with Gasteiger partial charge in [-0.25, -0.2) is 9.78 Å². The van der Waals surface area contributed by atoms with E-state index in [-0.39, 0.29) is 6.03 Å². The van der Waals surface area contributed by atoms with Gasteiger partial charge in [-0.15, -0.1) is 11.3 Å². The zero-order valence-corrected chi connectivity index (χ0v) is 12.8. The first kappa shape index (κ1) is 14.0. The van der Waals surface area contributed by atoms with Crippen LogP contribution >= 0.6 is 11.3 Å². The SMILES string of the molecule is CC(C)c1nc(CN(C)C(=O)N2C=[N+](C)CC2)cs1. The van der Waals surface area contributed by atoms with Crippen LogP contribution < -0.4 is 0 Å². The molecule has 0 aliphatic carbocycles. The van der Waals surface area contributed by atoms with Gasteiger partial charge >= 0.3 is 6.03 Å². The van der Waals surface area contributed by atoms with Crippen LogP contribution in [0.3, 0.4) is 0 Å². The van der Waals surface area contributed by atoms with Gasteiger partial charge in [0.2, 0.25) is 6.34 Å². The lowest BCUT2D eigenvalue weighted by atomic mass is 10.2. The molecule has 2 amide bonds. The summed E-state index contributed by atoms with van der Waals surface area (Å²) in [5.41, 5.74) is 0.970. The zero-order chi connectivity index (χ0) is 14.0. The number of hydrogen-bond acceptors (Lipinski definition) is 3. The lowest BCUT2D eigenvalue weighted by molar-refractivity contribution is -0.482. The smallest absolute Gasteiger partial charge is 0.302 e. The van der Waals surface area contributed by atoms with E-state index < -0.39 is 0 Å². The third-order valence-electron chi connectivity index (χ3n) is 3.06. The van der Waals surface area contributed by atoms with E-state index in [2.05, 4.69) is 18.8 Å². The molecule has 6 heteroatoms. The van der Waals surface area contributed by atoms with E-state index in [4.69, 9.17) is 0 Å². The lowest BCUT2D eigenvalue weighted by Gasteiger charge is -2.16. The van der Waals surface area contributed by atoms with Gasteiger partial charge in [-0.3, -0.25) is 4.58 Å². The standard InChI is InChI=1S/C13H21N4OS/c1-10(2)12-14-11(8-19-12)7-16(4)13(18)17-6-5-15(3)9-17/h8-10H,5-7H2,1-4H3/q+1. The number of carbonyl (C=O) groups excluding carboxylic acids is 1. The molecule has 0 spiro atoms. The summed E-state index contributed by atoms with van der Waals surface area (Å²) in [5, 5.41) is 3.17. The van der Waals surface area contributed by atoms with Gasteiger partial charge in [-0.2, -0.15) is 4.90 Å². The minimum Gasteiger partial charge on any atom is -0.302 e.